The summed E-state index contributed by atoms with van der Waals surface area (Å²) in [7, 11) is -3.46. The molecule has 2 N–H and O–H groups in total. The molecule has 1 saturated heterocycles. The van der Waals surface area contributed by atoms with Crippen LogP contribution in [0.1, 0.15) is 25.3 Å². The summed E-state index contributed by atoms with van der Waals surface area (Å²) in [4.78, 5) is 0.318. The van der Waals surface area contributed by atoms with Crippen LogP contribution in [0, 0.1) is 6.92 Å². The fourth-order valence-electron chi connectivity index (χ4n) is 2.60. The van der Waals surface area contributed by atoms with Gasteiger partial charge in [0.15, 0.2) is 0 Å². The van der Waals surface area contributed by atoms with Crippen molar-refractivity contribution in [3.8, 4) is 5.75 Å². The van der Waals surface area contributed by atoms with Crippen LogP contribution >= 0.6 is 0 Å². The van der Waals surface area contributed by atoms with Crippen LogP contribution in [-0.4, -0.2) is 38.5 Å². The van der Waals surface area contributed by atoms with Crippen molar-refractivity contribution in [1.29, 1.82) is 0 Å². The molecule has 0 aliphatic carbocycles. The highest BCUT2D eigenvalue weighted by molar-refractivity contribution is 7.89. The first kappa shape index (κ1) is 15.3. The summed E-state index contributed by atoms with van der Waals surface area (Å²) >= 11 is 0. The highest BCUT2D eigenvalue weighted by atomic mass is 32.2. The monoisotopic (exact) mass is 298 g/mol. The van der Waals surface area contributed by atoms with Crippen LogP contribution < -0.4 is 10.5 Å². The number of nitrogens with two attached hydrogens (primary N) is 1. The smallest absolute Gasteiger partial charge is 0.243 e. The van der Waals surface area contributed by atoms with E-state index in [2.05, 4.69) is 0 Å². The van der Waals surface area contributed by atoms with Gasteiger partial charge in [-0.2, -0.15) is 4.31 Å². The van der Waals surface area contributed by atoms with Gasteiger partial charge in [-0.1, -0.05) is 0 Å². The lowest BCUT2D eigenvalue weighted by atomic mass is 10.2. The van der Waals surface area contributed by atoms with Gasteiger partial charge in [-0.25, -0.2) is 8.42 Å². The number of hydrogen-bond acceptors (Lipinski definition) is 4. The summed E-state index contributed by atoms with van der Waals surface area (Å²) in [5, 5.41) is 0. The van der Waals surface area contributed by atoms with E-state index in [4.69, 9.17) is 10.5 Å². The third kappa shape index (κ3) is 2.82. The molecule has 0 bridgehead atoms. The zero-order chi connectivity index (χ0) is 14.8. The maximum Gasteiger partial charge on any atom is 0.243 e. The molecule has 112 valence electrons. The Morgan fingerprint density at radius 2 is 2.20 bits per heavy atom. The van der Waals surface area contributed by atoms with Crippen molar-refractivity contribution in [3.05, 3.63) is 23.8 Å². The topological polar surface area (TPSA) is 72.6 Å². The molecule has 0 aromatic heterocycles. The molecule has 1 aromatic carbocycles. The van der Waals surface area contributed by atoms with Crippen LogP contribution in [0.15, 0.2) is 23.1 Å². The molecule has 1 unspecified atom stereocenters. The zero-order valence-electron chi connectivity index (χ0n) is 12.0. The first-order valence-electron chi connectivity index (χ1n) is 6.96. The molecule has 1 fully saturated rings. The van der Waals surface area contributed by atoms with Gasteiger partial charge in [0.05, 0.1) is 11.5 Å². The standard InChI is InChI=1S/C14H22N2O3S/c1-3-19-14-7-6-13(9-11(14)2)20(17,18)16-8-4-5-12(16)10-15/h6-7,9,12H,3-5,8,10,15H2,1-2H3. The lowest BCUT2D eigenvalue weighted by Crippen LogP contribution is -2.39. The van der Waals surface area contributed by atoms with Crippen LogP contribution in [0.3, 0.4) is 0 Å². The number of nitrogens with zero attached hydrogens (tertiary/aromatic N) is 1. The van der Waals surface area contributed by atoms with E-state index < -0.39 is 10.0 Å². The molecule has 0 amide bonds. The Kier molecular flexibility index (Phi) is 4.67. The molecular formula is C14H22N2O3S. The van der Waals surface area contributed by atoms with E-state index in [1.807, 2.05) is 13.8 Å². The van der Waals surface area contributed by atoms with E-state index in [-0.39, 0.29) is 6.04 Å². The Bertz CT molecular complexity index is 572. The van der Waals surface area contributed by atoms with Crippen LogP contribution in [0.5, 0.6) is 5.75 Å². The van der Waals surface area contributed by atoms with E-state index in [1.165, 1.54) is 4.31 Å². The van der Waals surface area contributed by atoms with Crippen molar-refractivity contribution in [2.45, 2.75) is 37.6 Å². The number of ether oxygens (including phenoxy) is 1. The number of sulfonamides is 1. The van der Waals surface area contributed by atoms with Gasteiger partial charge in [-0.05, 0) is 50.5 Å². The van der Waals surface area contributed by atoms with Crippen LogP contribution in [0.4, 0.5) is 0 Å². The van der Waals surface area contributed by atoms with E-state index in [1.54, 1.807) is 18.2 Å². The fraction of sp³-hybridized carbons (Fsp3) is 0.571. The predicted molar refractivity (Wildman–Crippen MR) is 78.3 cm³/mol. The summed E-state index contributed by atoms with van der Waals surface area (Å²) in [5.41, 5.74) is 6.50. The van der Waals surface area contributed by atoms with E-state index in [0.29, 0.717) is 24.6 Å². The van der Waals surface area contributed by atoms with Crippen LogP contribution in [0.2, 0.25) is 0 Å². The maximum atomic E-state index is 12.7. The average molecular weight is 298 g/mol. The Hall–Kier alpha value is -1.11. The quantitative estimate of drug-likeness (QED) is 0.894. The number of rotatable bonds is 5. The van der Waals surface area contributed by atoms with Gasteiger partial charge in [-0.3, -0.25) is 0 Å². The van der Waals surface area contributed by atoms with Gasteiger partial charge in [0.25, 0.3) is 0 Å². The molecule has 1 atom stereocenters. The minimum absolute atomic E-state index is 0.0770. The molecule has 0 radical (unpaired) electrons. The largest absolute Gasteiger partial charge is 0.494 e. The van der Waals surface area contributed by atoms with Crippen molar-refractivity contribution < 1.29 is 13.2 Å². The van der Waals surface area contributed by atoms with Gasteiger partial charge in [0, 0.05) is 19.1 Å². The van der Waals surface area contributed by atoms with Crippen molar-refractivity contribution in [2.24, 2.45) is 5.73 Å². The lowest BCUT2D eigenvalue weighted by Gasteiger charge is -2.23. The Labute approximate surface area is 120 Å². The van der Waals surface area contributed by atoms with Crippen molar-refractivity contribution >= 4 is 10.0 Å². The molecule has 0 saturated carbocycles. The lowest BCUT2D eigenvalue weighted by molar-refractivity contribution is 0.337. The van der Waals surface area contributed by atoms with E-state index in [0.717, 1.165) is 24.2 Å². The van der Waals surface area contributed by atoms with Crippen LogP contribution in [0.25, 0.3) is 0 Å². The van der Waals surface area contributed by atoms with E-state index >= 15 is 0 Å². The average Bonchev–Trinajstić information content (AvgIpc) is 2.90. The van der Waals surface area contributed by atoms with Crippen molar-refractivity contribution in [3.63, 3.8) is 0 Å². The summed E-state index contributed by atoms with van der Waals surface area (Å²) < 4.78 is 32.3. The Balaban J connectivity index is 2.32. The highest BCUT2D eigenvalue weighted by Crippen LogP contribution is 2.28. The Morgan fingerprint density at radius 1 is 1.45 bits per heavy atom. The molecule has 0 spiro atoms. The van der Waals surface area contributed by atoms with Crippen LogP contribution in [-0.2, 0) is 10.0 Å². The van der Waals surface area contributed by atoms with Gasteiger partial charge in [0.2, 0.25) is 10.0 Å². The van der Waals surface area contributed by atoms with Gasteiger partial charge in [-0.15, -0.1) is 0 Å². The summed E-state index contributed by atoms with van der Waals surface area (Å²) in [5.74, 6) is 0.725. The number of benzene rings is 1. The van der Waals surface area contributed by atoms with Gasteiger partial charge >= 0.3 is 0 Å². The van der Waals surface area contributed by atoms with Gasteiger partial charge in [0.1, 0.15) is 5.75 Å². The first-order chi connectivity index (χ1) is 9.50. The molecule has 1 aliphatic rings. The van der Waals surface area contributed by atoms with Crippen molar-refractivity contribution in [1.82, 2.24) is 4.31 Å². The first-order valence-corrected chi connectivity index (χ1v) is 8.40. The summed E-state index contributed by atoms with van der Waals surface area (Å²) in [6.07, 6.45) is 1.71. The molecule has 1 aromatic rings. The molecule has 2 rings (SSSR count). The predicted octanol–water partition coefficient (Wildman–Crippen LogP) is 1.51. The third-order valence-corrected chi connectivity index (χ3v) is 5.60. The SMILES string of the molecule is CCOc1ccc(S(=O)(=O)N2CCCC2CN)cc1C. The molecule has 5 nitrogen and oxygen atoms in total. The summed E-state index contributed by atoms with van der Waals surface area (Å²) in [6.45, 7) is 5.24. The second-order valence-electron chi connectivity index (χ2n) is 5.01. The summed E-state index contributed by atoms with van der Waals surface area (Å²) in [6, 6.07) is 4.93. The normalized spacial score (nSPS) is 20.2. The second-order valence-corrected chi connectivity index (χ2v) is 6.90. The van der Waals surface area contributed by atoms with Crippen molar-refractivity contribution in [2.75, 3.05) is 19.7 Å². The molecule has 1 heterocycles. The number of aryl methyl sites for hydroxylation is 1. The maximum absolute atomic E-state index is 12.7. The molecular weight excluding hydrogens is 276 g/mol. The second kappa shape index (κ2) is 6.11. The highest BCUT2D eigenvalue weighted by Gasteiger charge is 2.34. The molecule has 20 heavy (non-hydrogen) atoms. The fourth-order valence-corrected chi connectivity index (χ4v) is 4.39. The molecule has 6 heteroatoms. The Morgan fingerprint density at radius 3 is 2.80 bits per heavy atom. The van der Waals surface area contributed by atoms with E-state index in [9.17, 15) is 8.42 Å². The minimum Gasteiger partial charge on any atom is -0.494 e. The third-order valence-electron chi connectivity index (χ3n) is 3.65. The molecule has 1 aliphatic heterocycles. The van der Waals surface area contributed by atoms with Gasteiger partial charge < -0.3 is 10.5 Å². The minimum atomic E-state index is -3.46. The zero-order valence-corrected chi connectivity index (χ0v) is 12.8. The number of hydrogen-bond donors (Lipinski definition) is 1.